The maximum Gasteiger partial charge on any atom is 0.128 e. The van der Waals surface area contributed by atoms with Crippen molar-refractivity contribution in [2.24, 2.45) is 0 Å². The minimum atomic E-state index is -0.616. The van der Waals surface area contributed by atoms with Crippen molar-refractivity contribution in [3.8, 4) is 0 Å². The Labute approximate surface area is 55.5 Å². The number of nitrogens with one attached hydrogen (secondary N) is 2. The summed E-state index contributed by atoms with van der Waals surface area (Å²) in [6, 6.07) is 0. The highest BCUT2D eigenvalue weighted by Gasteiger charge is 2.28. The van der Waals surface area contributed by atoms with E-state index in [1.54, 1.807) is 0 Å². The Morgan fingerprint density at radius 3 is 3.00 bits per heavy atom. The van der Waals surface area contributed by atoms with E-state index in [1.807, 2.05) is 7.05 Å². The molecule has 0 aromatic carbocycles. The lowest BCUT2D eigenvalue weighted by Gasteiger charge is -2.21. The van der Waals surface area contributed by atoms with Gasteiger partial charge in [-0.15, -0.1) is 0 Å². The van der Waals surface area contributed by atoms with Gasteiger partial charge in [0.2, 0.25) is 0 Å². The first-order valence-electron chi connectivity index (χ1n) is 3.39. The van der Waals surface area contributed by atoms with Gasteiger partial charge in [-0.25, -0.2) is 0 Å². The van der Waals surface area contributed by atoms with Gasteiger partial charge in [-0.3, -0.25) is 5.32 Å². The van der Waals surface area contributed by atoms with Crippen LogP contribution in [0.25, 0.3) is 0 Å². The Hall–Kier alpha value is -0.120. The average Bonchev–Trinajstić information content (AvgIpc) is 2.16. The van der Waals surface area contributed by atoms with Crippen LogP contribution in [0.2, 0.25) is 0 Å². The summed E-state index contributed by atoms with van der Waals surface area (Å²) in [5, 5.41) is 15.5. The molecule has 3 N–H and O–H groups in total. The number of aliphatic hydroxyl groups is 1. The van der Waals surface area contributed by atoms with Crippen molar-refractivity contribution in [1.82, 2.24) is 10.6 Å². The highest BCUT2D eigenvalue weighted by Crippen LogP contribution is 2.13. The fourth-order valence-corrected chi connectivity index (χ4v) is 1.23. The summed E-state index contributed by atoms with van der Waals surface area (Å²) >= 11 is 0. The third-order valence-electron chi connectivity index (χ3n) is 1.69. The van der Waals surface area contributed by atoms with Crippen LogP contribution in [0, 0.1) is 0 Å². The van der Waals surface area contributed by atoms with E-state index in [4.69, 9.17) is 0 Å². The molecule has 0 aromatic heterocycles. The normalized spacial score (nSPS) is 35.3. The van der Waals surface area contributed by atoms with Gasteiger partial charge in [0.15, 0.2) is 0 Å². The van der Waals surface area contributed by atoms with E-state index in [-0.39, 0.29) is 0 Å². The fourth-order valence-electron chi connectivity index (χ4n) is 1.23. The largest absolute Gasteiger partial charge is 0.375 e. The van der Waals surface area contributed by atoms with E-state index in [1.165, 1.54) is 0 Å². The standard InChI is InChI=1S/C6H14N2O/c1-7-5-6(9)3-2-4-8-6/h7-9H,2-5H2,1H3. The first-order chi connectivity index (χ1) is 4.27. The van der Waals surface area contributed by atoms with Crippen LogP contribution in [0.1, 0.15) is 12.8 Å². The van der Waals surface area contributed by atoms with Gasteiger partial charge in [-0.1, -0.05) is 0 Å². The first-order valence-corrected chi connectivity index (χ1v) is 3.39. The lowest BCUT2D eigenvalue weighted by Crippen LogP contribution is -2.47. The molecule has 1 fully saturated rings. The van der Waals surface area contributed by atoms with E-state index in [0.29, 0.717) is 6.54 Å². The second-order valence-electron chi connectivity index (χ2n) is 2.59. The summed E-state index contributed by atoms with van der Waals surface area (Å²) in [4.78, 5) is 0. The van der Waals surface area contributed by atoms with Crippen molar-refractivity contribution in [3.63, 3.8) is 0 Å². The van der Waals surface area contributed by atoms with Crippen LogP contribution in [-0.4, -0.2) is 31.0 Å². The molecule has 9 heavy (non-hydrogen) atoms. The van der Waals surface area contributed by atoms with Crippen LogP contribution in [-0.2, 0) is 0 Å². The smallest absolute Gasteiger partial charge is 0.128 e. The van der Waals surface area contributed by atoms with Gasteiger partial charge in [0.25, 0.3) is 0 Å². The lowest BCUT2D eigenvalue weighted by molar-refractivity contribution is 0.0273. The molecular weight excluding hydrogens is 116 g/mol. The zero-order chi connectivity index (χ0) is 6.74. The second-order valence-corrected chi connectivity index (χ2v) is 2.59. The number of hydrogen-bond donors (Lipinski definition) is 3. The molecule has 0 aromatic rings. The van der Waals surface area contributed by atoms with E-state index in [2.05, 4.69) is 10.6 Å². The fraction of sp³-hybridized carbons (Fsp3) is 1.00. The van der Waals surface area contributed by atoms with Crippen molar-refractivity contribution in [3.05, 3.63) is 0 Å². The summed E-state index contributed by atoms with van der Waals surface area (Å²) < 4.78 is 0. The van der Waals surface area contributed by atoms with Crippen molar-refractivity contribution in [1.29, 1.82) is 0 Å². The van der Waals surface area contributed by atoms with Gasteiger partial charge >= 0.3 is 0 Å². The van der Waals surface area contributed by atoms with Gasteiger partial charge in [0.05, 0.1) is 0 Å². The molecular formula is C6H14N2O. The molecule has 0 amide bonds. The van der Waals surface area contributed by atoms with Crippen molar-refractivity contribution < 1.29 is 5.11 Å². The Balaban J connectivity index is 2.32. The summed E-state index contributed by atoms with van der Waals surface area (Å²) in [5.41, 5.74) is -0.616. The summed E-state index contributed by atoms with van der Waals surface area (Å²) in [5.74, 6) is 0. The van der Waals surface area contributed by atoms with Crippen LogP contribution in [0.3, 0.4) is 0 Å². The maximum absolute atomic E-state index is 9.52. The van der Waals surface area contributed by atoms with E-state index in [0.717, 1.165) is 19.4 Å². The Morgan fingerprint density at radius 2 is 2.56 bits per heavy atom. The second kappa shape index (κ2) is 2.64. The lowest BCUT2D eigenvalue weighted by atomic mass is 10.2. The topological polar surface area (TPSA) is 44.3 Å². The molecule has 1 aliphatic rings. The summed E-state index contributed by atoms with van der Waals surface area (Å²) in [6.07, 6.45) is 1.95. The molecule has 0 saturated carbocycles. The number of rotatable bonds is 2. The zero-order valence-electron chi connectivity index (χ0n) is 5.78. The van der Waals surface area contributed by atoms with Crippen LogP contribution in [0.4, 0.5) is 0 Å². The third kappa shape index (κ3) is 1.64. The van der Waals surface area contributed by atoms with Gasteiger partial charge in [-0.05, 0) is 26.4 Å². The molecule has 1 unspecified atom stereocenters. The van der Waals surface area contributed by atoms with Crippen LogP contribution < -0.4 is 10.6 Å². The molecule has 1 aliphatic heterocycles. The van der Waals surface area contributed by atoms with Gasteiger partial charge in [0, 0.05) is 6.54 Å². The first kappa shape index (κ1) is 6.99. The molecule has 54 valence electrons. The maximum atomic E-state index is 9.52. The molecule has 0 aliphatic carbocycles. The minimum Gasteiger partial charge on any atom is -0.375 e. The van der Waals surface area contributed by atoms with Gasteiger partial charge in [0.1, 0.15) is 5.72 Å². The number of likely N-dealkylation sites (N-methyl/N-ethyl adjacent to an activating group) is 1. The quantitative estimate of drug-likeness (QED) is 0.462. The molecule has 0 spiro atoms. The molecule has 1 heterocycles. The minimum absolute atomic E-state index is 0.616. The Bertz CT molecular complexity index is 89.1. The molecule has 1 atom stereocenters. The predicted octanol–water partition coefficient (Wildman–Crippen LogP) is -0.722. The molecule has 0 bridgehead atoms. The van der Waals surface area contributed by atoms with Crippen LogP contribution in [0.15, 0.2) is 0 Å². The van der Waals surface area contributed by atoms with Crippen LogP contribution in [0.5, 0.6) is 0 Å². The Morgan fingerprint density at radius 1 is 1.78 bits per heavy atom. The highest BCUT2D eigenvalue weighted by molar-refractivity contribution is 4.83. The molecule has 1 rings (SSSR count). The predicted molar refractivity (Wildman–Crippen MR) is 36.1 cm³/mol. The van der Waals surface area contributed by atoms with Gasteiger partial charge in [-0.2, -0.15) is 0 Å². The average molecular weight is 130 g/mol. The van der Waals surface area contributed by atoms with E-state index < -0.39 is 5.72 Å². The summed E-state index contributed by atoms with van der Waals surface area (Å²) in [6.45, 7) is 1.59. The monoisotopic (exact) mass is 130 g/mol. The van der Waals surface area contributed by atoms with Crippen LogP contribution >= 0.6 is 0 Å². The summed E-state index contributed by atoms with van der Waals surface area (Å²) in [7, 11) is 1.85. The van der Waals surface area contributed by atoms with Crippen molar-refractivity contribution in [2.75, 3.05) is 20.1 Å². The van der Waals surface area contributed by atoms with Crippen molar-refractivity contribution >= 4 is 0 Å². The molecule has 3 nitrogen and oxygen atoms in total. The molecule has 0 radical (unpaired) electrons. The van der Waals surface area contributed by atoms with Crippen molar-refractivity contribution in [2.45, 2.75) is 18.6 Å². The molecule has 3 heteroatoms. The van der Waals surface area contributed by atoms with E-state index >= 15 is 0 Å². The number of hydrogen-bond acceptors (Lipinski definition) is 3. The Kier molecular flexibility index (Phi) is 2.05. The zero-order valence-corrected chi connectivity index (χ0v) is 5.78. The third-order valence-corrected chi connectivity index (χ3v) is 1.69. The van der Waals surface area contributed by atoms with E-state index in [9.17, 15) is 5.11 Å². The highest BCUT2D eigenvalue weighted by atomic mass is 16.3. The SMILES string of the molecule is CNCC1(O)CCCN1. The molecule has 1 saturated heterocycles. The van der Waals surface area contributed by atoms with Gasteiger partial charge < -0.3 is 10.4 Å².